The van der Waals surface area contributed by atoms with Crippen molar-refractivity contribution in [3.8, 4) is 11.9 Å². The third kappa shape index (κ3) is 2.42. The summed E-state index contributed by atoms with van der Waals surface area (Å²) in [6, 6.07) is 6.48. The van der Waals surface area contributed by atoms with E-state index in [0.717, 1.165) is 12.1 Å². The normalized spacial score (nSPS) is 16.5. The molecule has 2 aromatic rings. The predicted molar refractivity (Wildman–Crippen MR) is 87.9 cm³/mol. The number of aromatic nitrogens is 2. The van der Waals surface area contributed by atoms with Gasteiger partial charge in [0.1, 0.15) is 17.5 Å². The van der Waals surface area contributed by atoms with E-state index < -0.39 is 11.7 Å². The van der Waals surface area contributed by atoms with Crippen molar-refractivity contribution >= 4 is 11.6 Å². The molecular formula is C17H16ClFN4O. The van der Waals surface area contributed by atoms with E-state index in [1.807, 2.05) is 13.0 Å². The Morgan fingerprint density at radius 3 is 2.83 bits per heavy atom. The molecule has 2 N–H and O–H groups in total. The van der Waals surface area contributed by atoms with Crippen LogP contribution in [0.25, 0.3) is 0 Å². The van der Waals surface area contributed by atoms with Gasteiger partial charge in [0.2, 0.25) is 11.8 Å². The Bertz CT molecular complexity index is 861. The van der Waals surface area contributed by atoms with Crippen LogP contribution in [0.2, 0.25) is 5.02 Å². The number of rotatable bonds is 3. The molecule has 1 aromatic heterocycles. The number of allylic oxidation sites excluding steroid dienone is 1. The van der Waals surface area contributed by atoms with Crippen molar-refractivity contribution in [1.29, 1.82) is 5.26 Å². The number of aryl methyl sites for hydroxylation is 2. The van der Waals surface area contributed by atoms with Crippen molar-refractivity contribution < 1.29 is 9.13 Å². The predicted octanol–water partition coefficient (Wildman–Crippen LogP) is 3.38. The van der Waals surface area contributed by atoms with Crippen molar-refractivity contribution in [2.24, 2.45) is 12.8 Å². The van der Waals surface area contributed by atoms with E-state index in [4.69, 9.17) is 22.1 Å². The standard InChI is InChI=1S/C17H16ClFN4O/c1-3-5-12-15-13(14-10(18)6-4-7-11(14)19)9(8-20)16(21)24-17(15)23(2)22-12/h4,6-7,13H,3,5,21H2,1-2H3/t13-/m0/s1. The zero-order chi connectivity index (χ0) is 17.4. The molecule has 0 amide bonds. The summed E-state index contributed by atoms with van der Waals surface area (Å²) in [5, 5.41) is 14.3. The fourth-order valence-electron chi connectivity index (χ4n) is 3.05. The highest BCUT2D eigenvalue weighted by Gasteiger charge is 2.38. The smallest absolute Gasteiger partial charge is 0.224 e. The van der Waals surface area contributed by atoms with Crippen LogP contribution in [0.3, 0.4) is 0 Å². The lowest BCUT2D eigenvalue weighted by Gasteiger charge is -2.25. The summed E-state index contributed by atoms with van der Waals surface area (Å²) in [4.78, 5) is 0. The first-order valence-electron chi connectivity index (χ1n) is 7.56. The van der Waals surface area contributed by atoms with Crippen molar-refractivity contribution in [2.45, 2.75) is 25.7 Å². The molecule has 2 heterocycles. The zero-order valence-electron chi connectivity index (χ0n) is 13.3. The molecule has 24 heavy (non-hydrogen) atoms. The first-order chi connectivity index (χ1) is 11.5. The van der Waals surface area contributed by atoms with Gasteiger partial charge in [0.15, 0.2) is 0 Å². The van der Waals surface area contributed by atoms with E-state index in [1.54, 1.807) is 17.8 Å². The molecule has 1 atom stereocenters. The quantitative estimate of drug-likeness (QED) is 0.924. The van der Waals surface area contributed by atoms with E-state index in [0.29, 0.717) is 17.9 Å². The largest absolute Gasteiger partial charge is 0.422 e. The minimum Gasteiger partial charge on any atom is -0.422 e. The topological polar surface area (TPSA) is 76.9 Å². The molecule has 0 bridgehead atoms. The van der Waals surface area contributed by atoms with E-state index in [1.165, 1.54) is 12.1 Å². The number of nitrogens with zero attached hydrogens (tertiary/aromatic N) is 3. The Balaban J connectivity index is 2.33. The third-order valence-corrected chi connectivity index (χ3v) is 4.38. The van der Waals surface area contributed by atoms with Crippen LogP contribution in [0.1, 0.15) is 36.1 Å². The summed E-state index contributed by atoms with van der Waals surface area (Å²) >= 11 is 6.25. The Kier molecular flexibility index (Phi) is 4.20. The summed E-state index contributed by atoms with van der Waals surface area (Å²) < 4.78 is 21.7. The summed E-state index contributed by atoms with van der Waals surface area (Å²) in [6.07, 6.45) is 1.52. The van der Waals surface area contributed by atoms with E-state index in [2.05, 4.69) is 5.10 Å². The van der Waals surface area contributed by atoms with Crippen molar-refractivity contribution in [3.05, 3.63) is 57.3 Å². The van der Waals surface area contributed by atoms with Gasteiger partial charge in [-0.3, -0.25) is 0 Å². The maximum Gasteiger partial charge on any atom is 0.224 e. The summed E-state index contributed by atoms with van der Waals surface area (Å²) in [5.74, 6) is -0.866. The highest BCUT2D eigenvalue weighted by Crippen LogP contribution is 2.46. The zero-order valence-corrected chi connectivity index (χ0v) is 14.1. The molecule has 1 aromatic carbocycles. The molecule has 3 rings (SSSR count). The van der Waals surface area contributed by atoms with Gasteiger partial charge < -0.3 is 10.5 Å². The van der Waals surface area contributed by atoms with Crippen LogP contribution in [-0.4, -0.2) is 9.78 Å². The minimum absolute atomic E-state index is 0.0552. The molecule has 0 spiro atoms. The van der Waals surface area contributed by atoms with Crippen molar-refractivity contribution in [1.82, 2.24) is 9.78 Å². The van der Waals surface area contributed by atoms with Crippen LogP contribution < -0.4 is 10.5 Å². The first-order valence-corrected chi connectivity index (χ1v) is 7.94. The average Bonchev–Trinajstić information content (AvgIpc) is 2.83. The summed E-state index contributed by atoms with van der Waals surface area (Å²) in [5.41, 5.74) is 7.67. The fraction of sp³-hybridized carbons (Fsp3) is 0.294. The van der Waals surface area contributed by atoms with Crippen molar-refractivity contribution in [3.63, 3.8) is 0 Å². The van der Waals surface area contributed by atoms with E-state index in [-0.39, 0.29) is 22.0 Å². The Morgan fingerprint density at radius 2 is 2.21 bits per heavy atom. The summed E-state index contributed by atoms with van der Waals surface area (Å²) in [7, 11) is 1.72. The maximum absolute atomic E-state index is 14.6. The molecule has 1 aliphatic rings. The number of ether oxygens (including phenoxy) is 1. The molecule has 0 unspecified atom stereocenters. The highest BCUT2D eigenvalue weighted by molar-refractivity contribution is 6.31. The molecular weight excluding hydrogens is 331 g/mol. The Morgan fingerprint density at radius 1 is 1.46 bits per heavy atom. The minimum atomic E-state index is -0.734. The van der Waals surface area contributed by atoms with Crippen LogP contribution in [0.4, 0.5) is 4.39 Å². The van der Waals surface area contributed by atoms with Crippen LogP contribution in [0, 0.1) is 17.1 Å². The van der Waals surface area contributed by atoms with Gasteiger partial charge in [-0.15, -0.1) is 0 Å². The number of fused-ring (bicyclic) bond motifs is 1. The van der Waals surface area contributed by atoms with Crippen LogP contribution in [0.5, 0.6) is 5.88 Å². The van der Waals surface area contributed by atoms with E-state index >= 15 is 0 Å². The number of nitriles is 1. The number of halogens is 2. The molecule has 0 fully saturated rings. The Hall–Kier alpha value is -2.52. The molecule has 0 saturated carbocycles. The van der Waals surface area contributed by atoms with Crippen LogP contribution in [-0.2, 0) is 13.5 Å². The number of hydrogen-bond acceptors (Lipinski definition) is 4. The molecule has 5 nitrogen and oxygen atoms in total. The molecule has 0 radical (unpaired) electrons. The van der Waals surface area contributed by atoms with Gasteiger partial charge >= 0.3 is 0 Å². The molecule has 0 aliphatic carbocycles. The number of benzene rings is 1. The van der Waals surface area contributed by atoms with Gasteiger partial charge in [0.25, 0.3) is 0 Å². The second-order valence-corrected chi connectivity index (χ2v) is 6.01. The van der Waals surface area contributed by atoms with Gasteiger partial charge in [-0.1, -0.05) is 31.0 Å². The molecule has 0 saturated heterocycles. The van der Waals surface area contributed by atoms with Gasteiger partial charge in [-0.2, -0.15) is 10.4 Å². The van der Waals surface area contributed by atoms with Crippen LogP contribution in [0.15, 0.2) is 29.7 Å². The lowest BCUT2D eigenvalue weighted by atomic mass is 9.83. The van der Waals surface area contributed by atoms with Gasteiger partial charge in [0, 0.05) is 17.6 Å². The summed E-state index contributed by atoms with van der Waals surface area (Å²) in [6.45, 7) is 2.02. The second-order valence-electron chi connectivity index (χ2n) is 5.60. The number of nitrogens with two attached hydrogens (primary N) is 1. The second kappa shape index (κ2) is 6.17. The van der Waals surface area contributed by atoms with E-state index in [9.17, 15) is 9.65 Å². The fourth-order valence-corrected chi connectivity index (χ4v) is 3.32. The highest BCUT2D eigenvalue weighted by atomic mass is 35.5. The monoisotopic (exact) mass is 346 g/mol. The maximum atomic E-state index is 14.6. The van der Waals surface area contributed by atoms with Gasteiger partial charge in [-0.25, -0.2) is 9.07 Å². The average molecular weight is 347 g/mol. The molecule has 1 aliphatic heterocycles. The lowest BCUT2D eigenvalue weighted by molar-refractivity contribution is 0.357. The lowest BCUT2D eigenvalue weighted by Crippen LogP contribution is -2.23. The SMILES string of the molecule is CCCc1nn(C)c2c1[C@H](c1c(F)cccc1Cl)C(C#N)=C(N)O2. The third-order valence-electron chi connectivity index (χ3n) is 4.05. The molecule has 124 valence electrons. The first kappa shape index (κ1) is 16.3. The Labute approximate surface area is 144 Å². The van der Waals surface area contributed by atoms with Gasteiger partial charge in [0.05, 0.1) is 17.2 Å². The van der Waals surface area contributed by atoms with Crippen molar-refractivity contribution in [2.75, 3.05) is 0 Å². The molecule has 7 heteroatoms. The van der Waals surface area contributed by atoms with Gasteiger partial charge in [-0.05, 0) is 18.6 Å². The van der Waals surface area contributed by atoms with Crippen LogP contribution >= 0.6 is 11.6 Å². The number of hydrogen-bond donors (Lipinski definition) is 1.